The maximum Gasteiger partial charge on any atom is 0.272 e. The van der Waals surface area contributed by atoms with Gasteiger partial charge in [-0.1, -0.05) is 6.92 Å². The third kappa shape index (κ3) is 2.65. The minimum absolute atomic E-state index is 0.305. The number of carbonyl (C=O) groups is 2. The summed E-state index contributed by atoms with van der Waals surface area (Å²) in [5, 5.41) is 17.0. The molecule has 5 heteroatoms. The zero-order chi connectivity index (χ0) is 9.02. The normalized spacial score (nSPS) is 15.3. The Morgan fingerprint density at radius 1 is 1.45 bits per heavy atom. The van der Waals surface area contributed by atoms with Crippen molar-refractivity contribution in [2.75, 3.05) is 0 Å². The molecule has 0 aliphatic rings. The highest BCUT2D eigenvalue weighted by molar-refractivity contribution is 5.88. The van der Waals surface area contributed by atoms with Crippen LogP contribution in [-0.2, 0) is 9.59 Å². The second kappa shape index (κ2) is 4.05. The van der Waals surface area contributed by atoms with Gasteiger partial charge in [-0.15, -0.1) is 0 Å². The Kier molecular flexibility index (Phi) is 3.70. The molecule has 0 aliphatic carbocycles. The number of aliphatic hydroxyl groups excluding tert-OH is 1. The van der Waals surface area contributed by atoms with Crippen LogP contribution < -0.4 is 5.48 Å². The van der Waals surface area contributed by atoms with Crippen LogP contribution in [0.15, 0.2) is 0 Å². The van der Waals surface area contributed by atoms with E-state index in [-0.39, 0.29) is 5.78 Å². The van der Waals surface area contributed by atoms with Crippen LogP contribution >= 0.6 is 0 Å². The third-order valence-corrected chi connectivity index (χ3v) is 1.49. The minimum atomic E-state index is -1.47. The van der Waals surface area contributed by atoms with Crippen molar-refractivity contribution in [2.24, 2.45) is 5.92 Å². The van der Waals surface area contributed by atoms with Crippen LogP contribution in [0.3, 0.4) is 0 Å². The van der Waals surface area contributed by atoms with E-state index in [0.29, 0.717) is 0 Å². The van der Waals surface area contributed by atoms with Crippen molar-refractivity contribution in [1.29, 1.82) is 0 Å². The zero-order valence-electron chi connectivity index (χ0n) is 6.37. The average Bonchev–Trinajstić information content (AvgIpc) is 2.00. The highest BCUT2D eigenvalue weighted by atomic mass is 16.5. The quantitative estimate of drug-likeness (QED) is 0.369. The van der Waals surface area contributed by atoms with Gasteiger partial charge in [0.05, 0.1) is 0 Å². The molecule has 0 rings (SSSR count). The maximum absolute atomic E-state index is 10.6. The highest BCUT2D eigenvalue weighted by Gasteiger charge is 2.24. The summed E-state index contributed by atoms with van der Waals surface area (Å²) in [6, 6.07) is 0. The molecule has 0 saturated carbocycles. The van der Waals surface area contributed by atoms with Crippen molar-refractivity contribution >= 4 is 11.7 Å². The van der Waals surface area contributed by atoms with Crippen LogP contribution in [0.4, 0.5) is 0 Å². The van der Waals surface area contributed by atoms with Gasteiger partial charge in [0.1, 0.15) is 11.9 Å². The summed E-state index contributed by atoms with van der Waals surface area (Å²) in [5.41, 5.74) is 1.26. The molecular formula is C6H11NO4. The van der Waals surface area contributed by atoms with Crippen molar-refractivity contribution in [3.8, 4) is 0 Å². The van der Waals surface area contributed by atoms with Crippen molar-refractivity contribution < 1.29 is 19.9 Å². The van der Waals surface area contributed by atoms with E-state index < -0.39 is 17.9 Å². The lowest BCUT2D eigenvalue weighted by Gasteiger charge is -2.12. The summed E-state index contributed by atoms with van der Waals surface area (Å²) in [6.07, 6.45) is -1.47. The van der Waals surface area contributed by atoms with Gasteiger partial charge in [0.15, 0.2) is 0 Å². The van der Waals surface area contributed by atoms with Crippen LogP contribution in [0.25, 0.3) is 0 Å². The number of ketones is 1. The molecule has 0 aromatic heterocycles. The fraction of sp³-hybridized carbons (Fsp3) is 0.667. The number of hydroxylamine groups is 1. The van der Waals surface area contributed by atoms with Crippen molar-refractivity contribution in [3.63, 3.8) is 0 Å². The molecule has 64 valence electrons. The summed E-state index contributed by atoms with van der Waals surface area (Å²) in [6.45, 7) is 2.67. The van der Waals surface area contributed by atoms with Gasteiger partial charge in [-0.25, -0.2) is 5.48 Å². The Hall–Kier alpha value is -0.940. The van der Waals surface area contributed by atoms with Crippen molar-refractivity contribution in [1.82, 2.24) is 5.48 Å². The average molecular weight is 161 g/mol. The van der Waals surface area contributed by atoms with Crippen molar-refractivity contribution in [2.45, 2.75) is 20.0 Å². The first-order valence-corrected chi connectivity index (χ1v) is 3.13. The number of aliphatic hydroxyl groups is 1. The first kappa shape index (κ1) is 10.1. The molecule has 1 amide bonds. The molecule has 0 aromatic carbocycles. The van der Waals surface area contributed by atoms with E-state index in [1.54, 1.807) is 0 Å². The van der Waals surface area contributed by atoms with E-state index >= 15 is 0 Å². The molecule has 5 nitrogen and oxygen atoms in total. The molecule has 3 N–H and O–H groups in total. The number of Topliss-reactive ketones (excluding diaryl/α,β-unsaturated/α-hetero) is 1. The summed E-state index contributed by atoms with van der Waals surface area (Å²) in [4.78, 5) is 21.1. The second-order valence-corrected chi connectivity index (χ2v) is 2.32. The number of rotatable bonds is 3. The molecule has 0 fully saturated rings. The van der Waals surface area contributed by atoms with E-state index in [4.69, 9.17) is 10.3 Å². The number of hydrogen-bond acceptors (Lipinski definition) is 4. The zero-order valence-corrected chi connectivity index (χ0v) is 6.37. The Balaban J connectivity index is 4.12. The Labute approximate surface area is 64.0 Å². The van der Waals surface area contributed by atoms with Gasteiger partial charge in [-0.2, -0.15) is 0 Å². The lowest BCUT2D eigenvalue weighted by Crippen LogP contribution is -2.39. The van der Waals surface area contributed by atoms with Crippen LogP contribution in [0.5, 0.6) is 0 Å². The van der Waals surface area contributed by atoms with Gasteiger partial charge in [0.2, 0.25) is 0 Å². The predicted octanol–water partition coefficient (Wildman–Crippen LogP) is -0.922. The summed E-state index contributed by atoms with van der Waals surface area (Å²) >= 11 is 0. The monoisotopic (exact) mass is 161 g/mol. The van der Waals surface area contributed by atoms with Gasteiger partial charge >= 0.3 is 0 Å². The first-order chi connectivity index (χ1) is 5.00. The summed E-state index contributed by atoms with van der Waals surface area (Å²) in [5.74, 6) is -2.06. The molecule has 0 heterocycles. The lowest BCUT2D eigenvalue weighted by molar-refractivity contribution is -0.144. The Morgan fingerprint density at radius 3 is 2.18 bits per heavy atom. The highest BCUT2D eigenvalue weighted by Crippen LogP contribution is 2.03. The van der Waals surface area contributed by atoms with Gasteiger partial charge in [0.25, 0.3) is 5.91 Å². The van der Waals surface area contributed by atoms with E-state index in [0.717, 1.165) is 0 Å². The van der Waals surface area contributed by atoms with Gasteiger partial charge < -0.3 is 5.11 Å². The second-order valence-electron chi connectivity index (χ2n) is 2.32. The van der Waals surface area contributed by atoms with Crippen LogP contribution in [0, 0.1) is 5.92 Å². The summed E-state index contributed by atoms with van der Waals surface area (Å²) in [7, 11) is 0. The predicted molar refractivity (Wildman–Crippen MR) is 35.8 cm³/mol. The molecule has 2 unspecified atom stereocenters. The number of nitrogens with one attached hydrogen (secondary N) is 1. The van der Waals surface area contributed by atoms with Gasteiger partial charge in [0, 0.05) is 5.92 Å². The van der Waals surface area contributed by atoms with Crippen LogP contribution in [-0.4, -0.2) is 28.1 Å². The van der Waals surface area contributed by atoms with E-state index in [9.17, 15) is 9.59 Å². The van der Waals surface area contributed by atoms with E-state index in [2.05, 4.69) is 0 Å². The fourth-order valence-electron chi connectivity index (χ4n) is 0.516. The summed E-state index contributed by atoms with van der Waals surface area (Å²) < 4.78 is 0. The Bertz CT molecular complexity index is 168. The molecule has 0 saturated heterocycles. The molecule has 0 spiro atoms. The molecule has 0 radical (unpaired) electrons. The molecule has 0 bridgehead atoms. The standard InChI is InChI=1S/C6H11NO4/c1-3(4(2)8)5(9)6(10)7-11/h3,5,9,11H,1-2H3,(H,7,10). The van der Waals surface area contributed by atoms with Crippen molar-refractivity contribution in [3.05, 3.63) is 0 Å². The first-order valence-electron chi connectivity index (χ1n) is 3.13. The third-order valence-electron chi connectivity index (χ3n) is 1.49. The number of amides is 1. The SMILES string of the molecule is CC(=O)C(C)C(O)C(=O)NO. The molecule has 0 aliphatic heterocycles. The van der Waals surface area contributed by atoms with E-state index in [1.165, 1.54) is 19.3 Å². The largest absolute Gasteiger partial charge is 0.382 e. The number of hydrogen-bond donors (Lipinski definition) is 3. The topological polar surface area (TPSA) is 86.6 Å². The minimum Gasteiger partial charge on any atom is -0.382 e. The molecule has 11 heavy (non-hydrogen) atoms. The fourth-order valence-corrected chi connectivity index (χ4v) is 0.516. The van der Waals surface area contributed by atoms with Gasteiger partial charge in [-0.05, 0) is 6.92 Å². The molecule has 0 aromatic rings. The van der Waals surface area contributed by atoms with E-state index in [1.807, 2.05) is 0 Å². The van der Waals surface area contributed by atoms with Gasteiger partial charge in [-0.3, -0.25) is 14.8 Å². The van der Waals surface area contributed by atoms with Crippen LogP contribution in [0.2, 0.25) is 0 Å². The molecule has 2 atom stereocenters. The maximum atomic E-state index is 10.6. The lowest BCUT2D eigenvalue weighted by atomic mass is 10.0. The van der Waals surface area contributed by atoms with Crippen LogP contribution in [0.1, 0.15) is 13.8 Å². The Morgan fingerprint density at radius 2 is 1.91 bits per heavy atom. The molecular weight excluding hydrogens is 150 g/mol. The smallest absolute Gasteiger partial charge is 0.272 e. The number of carbonyl (C=O) groups excluding carboxylic acids is 2.